The molecule has 0 saturated carbocycles. The van der Waals surface area contributed by atoms with Crippen LogP contribution in [-0.4, -0.2) is 17.4 Å². The SMILES string of the molecule is O=C(NCc1ccncc1)c1ccc2c(c1)NCC2. The van der Waals surface area contributed by atoms with Crippen LogP contribution in [0, 0.1) is 0 Å². The summed E-state index contributed by atoms with van der Waals surface area (Å²) >= 11 is 0. The van der Waals surface area contributed by atoms with Crippen molar-refractivity contribution in [1.82, 2.24) is 10.3 Å². The third-order valence-electron chi connectivity index (χ3n) is 3.28. The van der Waals surface area contributed by atoms with Crippen molar-refractivity contribution in [2.24, 2.45) is 0 Å². The van der Waals surface area contributed by atoms with Gasteiger partial charge in [0.2, 0.25) is 0 Å². The van der Waals surface area contributed by atoms with Crippen LogP contribution in [-0.2, 0) is 13.0 Å². The van der Waals surface area contributed by atoms with Crippen LogP contribution in [0.15, 0.2) is 42.7 Å². The normalized spacial score (nSPS) is 12.6. The Hall–Kier alpha value is -2.36. The van der Waals surface area contributed by atoms with Crippen molar-refractivity contribution in [2.45, 2.75) is 13.0 Å². The van der Waals surface area contributed by atoms with Crippen molar-refractivity contribution in [2.75, 3.05) is 11.9 Å². The fourth-order valence-corrected chi connectivity index (χ4v) is 2.22. The number of hydrogen-bond acceptors (Lipinski definition) is 3. The van der Waals surface area contributed by atoms with Gasteiger partial charge in [-0.05, 0) is 41.8 Å². The predicted molar refractivity (Wildman–Crippen MR) is 74.0 cm³/mol. The van der Waals surface area contributed by atoms with E-state index in [1.807, 2.05) is 30.3 Å². The monoisotopic (exact) mass is 253 g/mol. The lowest BCUT2D eigenvalue weighted by Crippen LogP contribution is -2.22. The lowest BCUT2D eigenvalue weighted by atomic mass is 10.1. The van der Waals surface area contributed by atoms with Gasteiger partial charge in [-0.2, -0.15) is 0 Å². The van der Waals surface area contributed by atoms with E-state index in [4.69, 9.17) is 0 Å². The Morgan fingerprint density at radius 1 is 1.26 bits per heavy atom. The predicted octanol–water partition coefficient (Wildman–Crippen LogP) is 1.98. The van der Waals surface area contributed by atoms with Gasteiger partial charge >= 0.3 is 0 Å². The molecule has 0 aliphatic carbocycles. The summed E-state index contributed by atoms with van der Waals surface area (Å²) in [6.07, 6.45) is 4.48. The molecule has 3 rings (SSSR count). The number of carbonyl (C=O) groups excluding carboxylic acids is 1. The number of carbonyl (C=O) groups is 1. The molecule has 1 aliphatic rings. The molecule has 96 valence electrons. The number of pyridine rings is 1. The molecule has 4 heteroatoms. The molecule has 2 heterocycles. The average Bonchev–Trinajstić information content (AvgIpc) is 2.93. The van der Waals surface area contributed by atoms with Crippen LogP contribution in [0.1, 0.15) is 21.5 Å². The second kappa shape index (κ2) is 5.10. The highest BCUT2D eigenvalue weighted by Gasteiger charge is 2.13. The maximum atomic E-state index is 12.1. The van der Waals surface area contributed by atoms with Gasteiger partial charge in [-0.25, -0.2) is 0 Å². The molecule has 19 heavy (non-hydrogen) atoms. The molecule has 4 nitrogen and oxygen atoms in total. The van der Waals surface area contributed by atoms with Crippen LogP contribution < -0.4 is 10.6 Å². The van der Waals surface area contributed by atoms with Gasteiger partial charge in [0, 0.05) is 36.7 Å². The van der Waals surface area contributed by atoms with Crippen molar-refractivity contribution in [3.63, 3.8) is 0 Å². The van der Waals surface area contributed by atoms with E-state index in [9.17, 15) is 4.79 Å². The standard InChI is InChI=1S/C15H15N3O/c19-15(18-10-11-3-6-16-7-4-11)13-2-1-12-5-8-17-14(12)9-13/h1-4,6-7,9,17H,5,8,10H2,(H,18,19). The highest BCUT2D eigenvalue weighted by atomic mass is 16.1. The number of hydrogen-bond donors (Lipinski definition) is 2. The summed E-state index contributed by atoms with van der Waals surface area (Å²) in [6, 6.07) is 9.61. The molecule has 1 aliphatic heterocycles. The molecule has 1 aromatic carbocycles. The highest BCUT2D eigenvalue weighted by Crippen LogP contribution is 2.23. The second-order valence-corrected chi connectivity index (χ2v) is 4.59. The van der Waals surface area contributed by atoms with E-state index in [1.165, 1.54) is 5.56 Å². The number of aromatic nitrogens is 1. The van der Waals surface area contributed by atoms with E-state index in [-0.39, 0.29) is 5.91 Å². The molecular formula is C15H15N3O. The van der Waals surface area contributed by atoms with E-state index in [0.717, 1.165) is 24.2 Å². The Morgan fingerprint density at radius 3 is 2.95 bits per heavy atom. The molecule has 0 bridgehead atoms. The second-order valence-electron chi connectivity index (χ2n) is 4.59. The van der Waals surface area contributed by atoms with Crippen molar-refractivity contribution >= 4 is 11.6 Å². The fourth-order valence-electron chi connectivity index (χ4n) is 2.22. The zero-order valence-electron chi connectivity index (χ0n) is 10.5. The van der Waals surface area contributed by atoms with E-state index in [0.29, 0.717) is 12.1 Å². The smallest absolute Gasteiger partial charge is 0.251 e. The molecule has 0 spiro atoms. The summed E-state index contributed by atoms with van der Waals surface area (Å²) < 4.78 is 0. The first-order valence-electron chi connectivity index (χ1n) is 6.37. The first-order valence-corrected chi connectivity index (χ1v) is 6.37. The topological polar surface area (TPSA) is 54.0 Å². The summed E-state index contributed by atoms with van der Waals surface area (Å²) in [5, 5.41) is 6.19. The summed E-state index contributed by atoms with van der Waals surface area (Å²) in [5.74, 6) is -0.0479. The van der Waals surface area contributed by atoms with Gasteiger partial charge in [0.05, 0.1) is 0 Å². The van der Waals surface area contributed by atoms with Gasteiger partial charge in [0.15, 0.2) is 0 Å². The highest BCUT2D eigenvalue weighted by molar-refractivity contribution is 5.95. The first-order chi connectivity index (χ1) is 9.33. The Kier molecular flexibility index (Phi) is 3.14. The molecule has 0 fully saturated rings. The van der Waals surface area contributed by atoms with E-state index < -0.39 is 0 Å². The van der Waals surface area contributed by atoms with Gasteiger partial charge in [0.25, 0.3) is 5.91 Å². The maximum absolute atomic E-state index is 12.1. The van der Waals surface area contributed by atoms with Crippen molar-refractivity contribution in [3.05, 3.63) is 59.4 Å². The minimum absolute atomic E-state index is 0.0479. The Balaban J connectivity index is 1.67. The Bertz CT molecular complexity index is 596. The van der Waals surface area contributed by atoms with Crippen LogP contribution in [0.2, 0.25) is 0 Å². The first kappa shape index (κ1) is 11.7. The molecule has 0 atom stereocenters. The molecule has 0 radical (unpaired) electrons. The summed E-state index contributed by atoms with van der Waals surface area (Å²) in [6.45, 7) is 1.48. The number of nitrogens with one attached hydrogen (secondary N) is 2. The third-order valence-corrected chi connectivity index (χ3v) is 3.28. The van der Waals surface area contributed by atoms with Crippen molar-refractivity contribution < 1.29 is 4.79 Å². The summed E-state index contributed by atoms with van der Waals surface area (Å²) in [4.78, 5) is 16.0. The van der Waals surface area contributed by atoms with E-state index in [1.54, 1.807) is 12.4 Å². The third kappa shape index (κ3) is 2.57. The van der Waals surface area contributed by atoms with Gasteiger partial charge < -0.3 is 10.6 Å². The molecule has 2 aromatic rings. The molecule has 1 amide bonds. The number of nitrogens with zero attached hydrogens (tertiary/aromatic N) is 1. The van der Waals surface area contributed by atoms with Crippen LogP contribution in [0.5, 0.6) is 0 Å². The quantitative estimate of drug-likeness (QED) is 0.879. The summed E-state index contributed by atoms with van der Waals surface area (Å²) in [7, 11) is 0. The maximum Gasteiger partial charge on any atom is 0.251 e. The number of rotatable bonds is 3. The zero-order valence-corrected chi connectivity index (χ0v) is 10.5. The van der Waals surface area contributed by atoms with E-state index >= 15 is 0 Å². The van der Waals surface area contributed by atoms with Crippen molar-refractivity contribution in [3.8, 4) is 0 Å². The lowest BCUT2D eigenvalue weighted by molar-refractivity contribution is 0.0951. The molecule has 0 unspecified atom stereocenters. The molecular weight excluding hydrogens is 238 g/mol. The molecule has 1 aromatic heterocycles. The number of fused-ring (bicyclic) bond motifs is 1. The minimum Gasteiger partial charge on any atom is -0.384 e. The fraction of sp³-hybridized carbons (Fsp3) is 0.200. The van der Waals surface area contributed by atoms with Crippen LogP contribution in [0.25, 0.3) is 0 Å². The average molecular weight is 253 g/mol. The number of amides is 1. The number of anilines is 1. The largest absolute Gasteiger partial charge is 0.384 e. The van der Waals surface area contributed by atoms with Crippen LogP contribution in [0.3, 0.4) is 0 Å². The van der Waals surface area contributed by atoms with E-state index in [2.05, 4.69) is 15.6 Å². The minimum atomic E-state index is -0.0479. The van der Waals surface area contributed by atoms with Crippen LogP contribution in [0.4, 0.5) is 5.69 Å². The summed E-state index contributed by atoms with van der Waals surface area (Å²) in [5.41, 5.74) is 4.10. The Morgan fingerprint density at radius 2 is 2.11 bits per heavy atom. The molecule has 0 saturated heterocycles. The van der Waals surface area contributed by atoms with Crippen LogP contribution >= 0.6 is 0 Å². The van der Waals surface area contributed by atoms with Gasteiger partial charge in [-0.1, -0.05) is 6.07 Å². The van der Waals surface area contributed by atoms with Crippen molar-refractivity contribution in [1.29, 1.82) is 0 Å². The molecule has 2 N–H and O–H groups in total. The van der Waals surface area contributed by atoms with Gasteiger partial charge in [0.1, 0.15) is 0 Å². The Labute approximate surface area is 111 Å². The number of benzene rings is 1. The van der Waals surface area contributed by atoms with Gasteiger partial charge in [-0.15, -0.1) is 0 Å². The van der Waals surface area contributed by atoms with Gasteiger partial charge in [-0.3, -0.25) is 9.78 Å². The lowest BCUT2D eigenvalue weighted by Gasteiger charge is -2.07. The zero-order chi connectivity index (χ0) is 13.1.